The summed E-state index contributed by atoms with van der Waals surface area (Å²) in [5.74, 6) is 0. The Morgan fingerprint density at radius 3 is 2.70 bits per heavy atom. The molecule has 0 saturated heterocycles. The summed E-state index contributed by atoms with van der Waals surface area (Å²) in [6.45, 7) is 2.52. The van der Waals surface area contributed by atoms with Crippen molar-refractivity contribution < 1.29 is 8.42 Å². The zero-order chi connectivity index (χ0) is 14.9. The molecule has 0 aliphatic heterocycles. The van der Waals surface area contributed by atoms with E-state index in [2.05, 4.69) is 0 Å². The first-order valence-corrected chi connectivity index (χ1v) is 8.69. The Labute approximate surface area is 122 Å². The van der Waals surface area contributed by atoms with Gasteiger partial charge in [-0.05, 0) is 24.6 Å². The molecule has 2 rings (SSSR count). The van der Waals surface area contributed by atoms with Gasteiger partial charge in [0.25, 0.3) is 0 Å². The number of aromatic nitrogens is 1. The van der Waals surface area contributed by atoms with E-state index in [9.17, 15) is 13.2 Å². The lowest BCUT2D eigenvalue weighted by atomic mass is 10.3. The van der Waals surface area contributed by atoms with Crippen molar-refractivity contribution in [3.05, 3.63) is 27.9 Å². The van der Waals surface area contributed by atoms with Crippen LogP contribution in [-0.4, -0.2) is 30.9 Å². The van der Waals surface area contributed by atoms with Crippen molar-refractivity contribution in [2.75, 3.05) is 13.6 Å². The van der Waals surface area contributed by atoms with E-state index in [1.165, 1.54) is 8.87 Å². The minimum Gasteiger partial charge on any atom is -0.302 e. The molecule has 1 aromatic carbocycles. The number of rotatable bonds is 5. The van der Waals surface area contributed by atoms with Crippen molar-refractivity contribution >= 4 is 31.6 Å². The highest BCUT2D eigenvalue weighted by Gasteiger charge is 2.21. The van der Waals surface area contributed by atoms with E-state index in [4.69, 9.17) is 0 Å². The van der Waals surface area contributed by atoms with Crippen LogP contribution in [0.15, 0.2) is 27.9 Å². The van der Waals surface area contributed by atoms with Crippen LogP contribution >= 0.6 is 11.3 Å². The van der Waals surface area contributed by atoms with Gasteiger partial charge < -0.3 is 4.57 Å². The first kappa shape index (κ1) is 15.2. The average Bonchev–Trinajstić information content (AvgIpc) is 2.70. The van der Waals surface area contributed by atoms with Crippen molar-refractivity contribution in [1.82, 2.24) is 8.87 Å². The second-order valence-corrected chi connectivity index (χ2v) is 7.77. The standard InChI is InChI=1S/C13H18N2O3S2/c1-4-5-8-14(2)20(17,18)10-6-7-11-12(9-10)19-13(16)15(11)3/h6-7,9H,4-5,8H2,1-3H3. The molecule has 0 unspecified atom stereocenters. The number of benzene rings is 1. The van der Waals surface area contributed by atoms with E-state index in [0.29, 0.717) is 11.2 Å². The van der Waals surface area contributed by atoms with Crippen LogP contribution in [-0.2, 0) is 17.1 Å². The number of unbranched alkanes of at least 4 members (excludes halogenated alkanes) is 1. The third-order valence-electron chi connectivity index (χ3n) is 3.30. The highest BCUT2D eigenvalue weighted by Crippen LogP contribution is 2.23. The number of hydrogen-bond donors (Lipinski definition) is 0. The maximum atomic E-state index is 12.4. The summed E-state index contributed by atoms with van der Waals surface area (Å²) in [6, 6.07) is 4.83. The highest BCUT2D eigenvalue weighted by molar-refractivity contribution is 7.89. The normalized spacial score (nSPS) is 12.4. The molecule has 0 saturated carbocycles. The lowest BCUT2D eigenvalue weighted by molar-refractivity contribution is 0.459. The summed E-state index contributed by atoms with van der Waals surface area (Å²) in [5, 5.41) is 0. The van der Waals surface area contributed by atoms with Crippen molar-refractivity contribution in [3.8, 4) is 0 Å². The van der Waals surface area contributed by atoms with Crippen molar-refractivity contribution in [1.29, 1.82) is 0 Å². The molecule has 20 heavy (non-hydrogen) atoms. The monoisotopic (exact) mass is 314 g/mol. The molecule has 110 valence electrons. The predicted octanol–water partition coefficient (Wildman–Crippen LogP) is 2.02. The van der Waals surface area contributed by atoms with Gasteiger partial charge in [0.1, 0.15) is 0 Å². The van der Waals surface area contributed by atoms with Gasteiger partial charge in [0.05, 0.1) is 15.1 Å². The Kier molecular flexibility index (Phi) is 4.31. The van der Waals surface area contributed by atoms with Crippen LogP contribution < -0.4 is 4.87 Å². The second-order valence-electron chi connectivity index (χ2n) is 4.74. The van der Waals surface area contributed by atoms with Gasteiger partial charge in [-0.1, -0.05) is 24.7 Å². The molecule has 0 spiro atoms. The summed E-state index contributed by atoms with van der Waals surface area (Å²) >= 11 is 1.06. The maximum absolute atomic E-state index is 12.4. The molecular weight excluding hydrogens is 296 g/mol. The topological polar surface area (TPSA) is 59.4 Å². The van der Waals surface area contributed by atoms with Crippen LogP contribution in [0.25, 0.3) is 10.2 Å². The molecule has 0 aliphatic carbocycles. The third kappa shape index (κ3) is 2.65. The molecule has 7 heteroatoms. The zero-order valence-corrected chi connectivity index (χ0v) is 13.4. The molecule has 5 nitrogen and oxygen atoms in total. The van der Waals surface area contributed by atoms with Crippen LogP contribution in [0, 0.1) is 0 Å². The van der Waals surface area contributed by atoms with Gasteiger partial charge in [-0.25, -0.2) is 12.7 Å². The summed E-state index contributed by atoms with van der Waals surface area (Å²) in [5.41, 5.74) is 0.759. The molecule has 1 heterocycles. The van der Waals surface area contributed by atoms with E-state index >= 15 is 0 Å². The third-order valence-corrected chi connectivity index (χ3v) is 6.15. The molecular formula is C13H18N2O3S2. The number of aryl methyl sites for hydroxylation is 1. The molecule has 2 aromatic rings. The Hall–Kier alpha value is -1.18. The number of fused-ring (bicyclic) bond motifs is 1. The number of nitrogens with zero attached hydrogens (tertiary/aromatic N) is 2. The lowest BCUT2D eigenvalue weighted by Crippen LogP contribution is -2.27. The first-order valence-electron chi connectivity index (χ1n) is 6.44. The Morgan fingerprint density at radius 2 is 2.05 bits per heavy atom. The average molecular weight is 314 g/mol. The van der Waals surface area contributed by atoms with Crippen molar-refractivity contribution in [2.24, 2.45) is 7.05 Å². The molecule has 0 radical (unpaired) electrons. The van der Waals surface area contributed by atoms with Gasteiger partial charge in [-0.2, -0.15) is 0 Å². The van der Waals surface area contributed by atoms with Gasteiger partial charge in [0, 0.05) is 20.6 Å². The Balaban J connectivity index is 2.44. The highest BCUT2D eigenvalue weighted by atomic mass is 32.2. The fourth-order valence-electron chi connectivity index (χ4n) is 1.96. The van der Waals surface area contributed by atoms with Crippen LogP contribution in [0.5, 0.6) is 0 Å². The summed E-state index contributed by atoms with van der Waals surface area (Å²) < 4.78 is 28.4. The Bertz CT molecular complexity index is 775. The molecule has 1 aromatic heterocycles. The minimum atomic E-state index is -3.48. The molecule has 0 fully saturated rings. The van der Waals surface area contributed by atoms with Gasteiger partial charge in [0.15, 0.2) is 0 Å². The van der Waals surface area contributed by atoms with E-state index in [1.807, 2.05) is 6.92 Å². The molecule has 0 atom stereocenters. The molecule has 0 amide bonds. The Morgan fingerprint density at radius 1 is 1.35 bits per heavy atom. The number of thiazole rings is 1. The lowest BCUT2D eigenvalue weighted by Gasteiger charge is -2.16. The molecule has 0 N–H and O–H groups in total. The van der Waals surface area contributed by atoms with Gasteiger partial charge in [-0.3, -0.25) is 4.79 Å². The second kappa shape index (κ2) is 5.67. The van der Waals surface area contributed by atoms with Gasteiger partial charge >= 0.3 is 4.87 Å². The maximum Gasteiger partial charge on any atom is 0.307 e. The van der Waals surface area contributed by atoms with E-state index in [0.717, 1.165) is 29.7 Å². The van der Waals surface area contributed by atoms with Crippen LogP contribution in [0.2, 0.25) is 0 Å². The van der Waals surface area contributed by atoms with E-state index < -0.39 is 10.0 Å². The van der Waals surface area contributed by atoms with Crippen LogP contribution in [0.1, 0.15) is 19.8 Å². The molecule has 0 aliphatic rings. The summed E-state index contributed by atoms with van der Waals surface area (Å²) in [4.78, 5) is 11.7. The molecule has 0 bridgehead atoms. The minimum absolute atomic E-state index is 0.0890. The number of sulfonamides is 1. The van der Waals surface area contributed by atoms with Gasteiger partial charge in [0.2, 0.25) is 10.0 Å². The fourth-order valence-corrected chi connectivity index (χ4v) is 4.19. The summed E-state index contributed by atoms with van der Waals surface area (Å²) in [6.07, 6.45) is 1.77. The fraction of sp³-hybridized carbons (Fsp3) is 0.462. The van der Waals surface area contributed by atoms with Crippen molar-refractivity contribution in [3.63, 3.8) is 0 Å². The van der Waals surface area contributed by atoms with Crippen LogP contribution in [0.4, 0.5) is 0 Å². The van der Waals surface area contributed by atoms with E-state index in [1.54, 1.807) is 32.3 Å². The SMILES string of the molecule is CCCCN(C)S(=O)(=O)c1ccc2c(c1)sc(=O)n2C. The zero-order valence-electron chi connectivity index (χ0n) is 11.8. The van der Waals surface area contributed by atoms with E-state index in [-0.39, 0.29) is 9.77 Å². The smallest absolute Gasteiger partial charge is 0.302 e. The quantitative estimate of drug-likeness (QED) is 0.848. The summed E-state index contributed by atoms with van der Waals surface area (Å²) in [7, 11) is -0.208. The predicted molar refractivity (Wildman–Crippen MR) is 81.8 cm³/mol. The van der Waals surface area contributed by atoms with Crippen molar-refractivity contribution in [2.45, 2.75) is 24.7 Å². The number of hydrogen-bond acceptors (Lipinski definition) is 4. The first-order chi connectivity index (χ1) is 9.37. The largest absolute Gasteiger partial charge is 0.307 e. The van der Waals surface area contributed by atoms with Crippen LogP contribution in [0.3, 0.4) is 0 Å². The van der Waals surface area contributed by atoms with Gasteiger partial charge in [-0.15, -0.1) is 0 Å².